The first-order valence-electron chi connectivity index (χ1n) is 5.64. The third-order valence-electron chi connectivity index (χ3n) is 2.65. The van der Waals surface area contributed by atoms with E-state index in [1.807, 2.05) is 18.2 Å². The van der Waals surface area contributed by atoms with E-state index >= 15 is 0 Å². The number of benzene rings is 1. The highest BCUT2D eigenvalue weighted by atomic mass is 19.1. The standard InChI is InChI=1S/C12H17FN2O/c13-4-9-16-12-3-1-2-11(10-12)15-7-5-14-6-8-15/h1-3,10,14H,4-9H2. The monoisotopic (exact) mass is 224 g/mol. The predicted octanol–water partition coefficient (Wildman–Crippen LogP) is 1.44. The van der Waals surface area contributed by atoms with Gasteiger partial charge in [0.2, 0.25) is 0 Å². The van der Waals surface area contributed by atoms with Gasteiger partial charge >= 0.3 is 0 Å². The van der Waals surface area contributed by atoms with Gasteiger partial charge in [0.15, 0.2) is 0 Å². The minimum Gasteiger partial charge on any atom is -0.491 e. The minimum atomic E-state index is -0.447. The van der Waals surface area contributed by atoms with Crippen LogP contribution in [0.25, 0.3) is 0 Å². The lowest BCUT2D eigenvalue weighted by Gasteiger charge is -2.29. The highest BCUT2D eigenvalue weighted by Crippen LogP contribution is 2.21. The Morgan fingerprint density at radius 3 is 2.88 bits per heavy atom. The molecule has 0 aromatic heterocycles. The summed E-state index contributed by atoms with van der Waals surface area (Å²) in [5.74, 6) is 0.744. The van der Waals surface area contributed by atoms with E-state index in [2.05, 4.69) is 16.3 Å². The van der Waals surface area contributed by atoms with Crippen LogP contribution in [0.1, 0.15) is 0 Å². The van der Waals surface area contributed by atoms with Crippen molar-refractivity contribution >= 4 is 5.69 Å². The Morgan fingerprint density at radius 1 is 1.31 bits per heavy atom. The molecule has 1 aromatic carbocycles. The molecule has 1 heterocycles. The fourth-order valence-electron chi connectivity index (χ4n) is 1.85. The maximum Gasteiger partial charge on any atom is 0.123 e. The van der Waals surface area contributed by atoms with E-state index in [4.69, 9.17) is 4.74 Å². The molecule has 1 fully saturated rings. The number of hydrogen-bond donors (Lipinski definition) is 1. The Labute approximate surface area is 95.2 Å². The zero-order chi connectivity index (χ0) is 11.2. The summed E-state index contributed by atoms with van der Waals surface area (Å²) in [5, 5.41) is 3.31. The van der Waals surface area contributed by atoms with Gasteiger partial charge in [0.05, 0.1) is 0 Å². The largest absolute Gasteiger partial charge is 0.491 e. The molecule has 0 bridgehead atoms. The van der Waals surface area contributed by atoms with Crippen LogP contribution < -0.4 is 15.0 Å². The Bertz CT molecular complexity index is 327. The van der Waals surface area contributed by atoms with E-state index in [1.165, 1.54) is 0 Å². The van der Waals surface area contributed by atoms with E-state index in [0.29, 0.717) is 0 Å². The topological polar surface area (TPSA) is 24.5 Å². The van der Waals surface area contributed by atoms with Gasteiger partial charge in [-0.3, -0.25) is 0 Å². The highest BCUT2D eigenvalue weighted by molar-refractivity contribution is 5.51. The van der Waals surface area contributed by atoms with Crippen molar-refractivity contribution in [3.05, 3.63) is 24.3 Å². The van der Waals surface area contributed by atoms with Gasteiger partial charge < -0.3 is 15.0 Å². The van der Waals surface area contributed by atoms with Gasteiger partial charge in [0.1, 0.15) is 19.0 Å². The van der Waals surface area contributed by atoms with Crippen LogP contribution >= 0.6 is 0 Å². The number of nitrogens with zero attached hydrogens (tertiary/aromatic N) is 1. The van der Waals surface area contributed by atoms with Gasteiger partial charge in [0, 0.05) is 37.9 Å². The van der Waals surface area contributed by atoms with Crippen LogP contribution in [-0.4, -0.2) is 39.5 Å². The molecule has 16 heavy (non-hydrogen) atoms. The van der Waals surface area contributed by atoms with Crippen molar-refractivity contribution in [3.8, 4) is 5.75 Å². The lowest BCUT2D eigenvalue weighted by atomic mass is 10.2. The molecule has 0 spiro atoms. The Kier molecular flexibility index (Phi) is 3.99. The number of ether oxygens (including phenoxy) is 1. The molecular weight excluding hydrogens is 207 g/mol. The second-order valence-corrected chi connectivity index (χ2v) is 3.77. The lowest BCUT2D eigenvalue weighted by Crippen LogP contribution is -2.43. The summed E-state index contributed by atoms with van der Waals surface area (Å²) in [4.78, 5) is 2.30. The molecule has 1 aliphatic heterocycles. The SMILES string of the molecule is FCCOc1cccc(N2CCNCC2)c1. The van der Waals surface area contributed by atoms with Crippen molar-refractivity contribution < 1.29 is 9.13 Å². The summed E-state index contributed by atoms with van der Waals surface area (Å²) in [6, 6.07) is 7.85. The van der Waals surface area contributed by atoms with Gasteiger partial charge in [-0.2, -0.15) is 0 Å². The van der Waals surface area contributed by atoms with Crippen molar-refractivity contribution in [2.75, 3.05) is 44.4 Å². The fourth-order valence-corrected chi connectivity index (χ4v) is 1.85. The number of rotatable bonds is 4. The van der Waals surface area contributed by atoms with E-state index in [1.54, 1.807) is 0 Å². The predicted molar refractivity (Wildman–Crippen MR) is 63.0 cm³/mol. The fraction of sp³-hybridized carbons (Fsp3) is 0.500. The van der Waals surface area contributed by atoms with Gasteiger partial charge in [-0.25, -0.2) is 4.39 Å². The van der Waals surface area contributed by atoms with Crippen LogP contribution in [0.15, 0.2) is 24.3 Å². The molecule has 0 aliphatic carbocycles. The molecule has 0 amide bonds. The van der Waals surface area contributed by atoms with Crippen molar-refractivity contribution in [1.82, 2.24) is 5.32 Å². The van der Waals surface area contributed by atoms with E-state index in [-0.39, 0.29) is 6.61 Å². The van der Waals surface area contributed by atoms with Crippen molar-refractivity contribution in [2.24, 2.45) is 0 Å². The lowest BCUT2D eigenvalue weighted by molar-refractivity contribution is 0.273. The second kappa shape index (κ2) is 5.70. The highest BCUT2D eigenvalue weighted by Gasteiger charge is 2.10. The molecule has 88 valence electrons. The Balaban J connectivity index is 2.02. The summed E-state index contributed by atoms with van der Waals surface area (Å²) in [7, 11) is 0. The average molecular weight is 224 g/mol. The molecule has 1 N–H and O–H groups in total. The molecule has 0 atom stereocenters. The van der Waals surface area contributed by atoms with E-state index < -0.39 is 6.67 Å². The first-order valence-corrected chi connectivity index (χ1v) is 5.64. The molecule has 1 aromatic rings. The van der Waals surface area contributed by atoms with Crippen molar-refractivity contribution in [1.29, 1.82) is 0 Å². The maximum absolute atomic E-state index is 12.0. The summed E-state index contributed by atoms with van der Waals surface area (Å²) >= 11 is 0. The molecule has 0 radical (unpaired) electrons. The molecule has 0 saturated carbocycles. The summed E-state index contributed by atoms with van der Waals surface area (Å²) in [5.41, 5.74) is 1.15. The van der Waals surface area contributed by atoms with Gasteiger partial charge in [-0.15, -0.1) is 0 Å². The summed E-state index contributed by atoms with van der Waals surface area (Å²) in [6.07, 6.45) is 0. The second-order valence-electron chi connectivity index (χ2n) is 3.77. The van der Waals surface area contributed by atoms with Crippen LogP contribution in [0.2, 0.25) is 0 Å². The van der Waals surface area contributed by atoms with E-state index in [0.717, 1.165) is 37.6 Å². The molecule has 3 nitrogen and oxygen atoms in total. The van der Waals surface area contributed by atoms with Crippen molar-refractivity contribution in [3.63, 3.8) is 0 Å². The van der Waals surface area contributed by atoms with Crippen LogP contribution in [-0.2, 0) is 0 Å². The molecule has 2 rings (SSSR count). The number of hydrogen-bond acceptors (Lipinski definition) is 3. The van der Waals surface area contributed by atoms with E-state index in [9.17, 15) is 4.39 Å². The smallest absolute Gasteiger partial charge is 0.123 e. The van der Waals surface area contributed by atoms with Crippen LogP contribution in [0, 0.1) is 0 Å². The van der Waals surface area contributed by atoms with Gasteiger partial charge in [0.25, 0.3) is 0 Å². The first-order chi connectivity index (χ1) is 7.90. The summed E-state index contributed by atoms with van der Waals surface area (Å²) < 4.78 is 17.3. The molecule has 1 aliphatic rings. The molecular formula is C12H17FN2O. The molecule has 1 saturated heterocycles. The third kappa shape index (κ3) is 2.85. The minimum absolute atomic E-state index is 0.130. The number of nitrogens with one attached hydrogen (secondary N) is 1. The normalized spacial score (nSPS) is 16.2. The van der Waals surface area contributed by atoms with Crippen LogP contribution in [0.4, 0.5) is 10.1 Å². The Morgan fingerprint density at radius 2 is 2.12 bits per heavy atom. The number of piperazine rings is 1. The third-order valence-corrected chi connectivity index (χ3v) is 2.65. The molecule has 0 unspecified atom stereocenters. The maximum atomic E-state index is 12.0. The van der Waals surface area contributed by atoms with Gasteiger partial charge in [-0.05, 0) is 12.1 Å². The first kappa shape index (κ1) is 11.2. The average Bonchev–Trinajstić information content (AvgIpc) is 2.38. The zero-order valence-corrected chi connectivity index (χ0v) is 9.29. The summed E-state index contributed by atoms with van der Waals surface area (Å²) in [6.45, 7) is 3.72. The van der Waals surface area contributed by atoms with Crippen LogP contribution in [0.3, 0.4) is 0 Å². The number of halogens is 1. The number of anilines is 1. The Hall–Kier alpha value is -1.29. The van der Waals surface area contributed by atoms with Crippen LogP contribution in [0.5, 0.6) is 5.75 Å². The van der Waals surface area contributed by atoms with Gasteiger partial charge in [-0.1, -0.05) is 6.07 Å². The number of alkyl halides is 1. The van der Waals surface area contributed by atoms with Crippen molar-refractivity contribution in [2.45, 2.75) is 0 Å². The molecule has 4 heteroatoms. The zero-order valence-electron chi connectivity index (χ0n) is 9.29. The quantitative estimate of drug-likeness (QED) is 0.837.